The number of hydrogen-bond acceptors (Lipinski definition) is 3. The summed E-state index contributed by atoms with van der Waals surface area (Å²) in [5.41, 5.74) is 8.53. The Morgan fingerprint density at radius 2 is 2.10 bits per heavy atom. The maximum Gasteiger partial charge on any atom is 0.254 e. The first-order valence-corrected chi connectivity index (χ1v) is 7.47. The monoisotopic (exact) mass is 283 g/mol. The zero-order valence-electron chi connectivity index (χ0n) is 12.6. The molecule has 0 bridgehead atoms. The molecule has 1 fully saturated rings. The summed E-state index contributed by atoms with van der Waals surface area (Å²) in [5, 5.41) is 0.915. The van der Waals surface area contributed by atoms with Crippen LogP contribution < -0.4 is 5.73 Å². The molecule has 1 saturated heterocycles. The zero-order valence-corrected chi connectivity index (χ0v) is 12.6. The summed E-state index contributed by atoms with van der Waals surface area (Å²) in [6.45, 7) is 5.34. The van der Waals surface area contributed by atoms with E-state index in [1.165, 1.54) is 0 Å². The van der Waals surface area contributed by atoms with Crippen LogP contribution in [0, 0.1) is 6.92 Å². The van der Waals surface area contributed by atoms with E-state index >= 15 is 0 Å². The number of rotatable bonds is 3. The summed E-state index contributed by atoms with van der Waals surface area (Å²) in [7, 11) is 0. The molecule has 0 spiro atoms. The van der Waals surface area contributed by atoms with Crippen LogP contribution in [0.25, 0.3) is 10.9 Å². The van der Waals surface area contributed by atoms with Crippen LogP contribution in [0.4, 0.5) is 0 Å². The Kier molecular flexibility index (Phi) is 3.41. The third kappa shape index (κ3) is 2.51. The second-order valence-electron chi connectivity index (χ2n) is 6.10. The summed E-state index contributed by atoms with van der Waals surface area (Å²) < 4.78 is 0. The van der Waals surface area contributed by atoms with Crippen molar-refractivity contribution in [2.75, 3.05) is 13.1 Å². The van der Waals surface area contributed by atoms with E-state index < -0.39 is 0 Å². The number of nitrogens with zero attached hydrogens (tertiary/aromatic N) is 2. The van der Waals surface area contributed by atoms with Crippen LogP contribution in [0.3, 0.4) is 0 Å². The van der Waals surface area contributed by atoms with Crippen molar-refractivity contribution < 1.29 is 4.79 Å². The van der Waals surface area contributed by atoms with E-state index in [0.29, 0.717) is 13.1 Å². The highest BCUT2D eigenvalue weighted by Crippen LogP contribution is 2.27. The van der Waals surface area contributed by atoms with Gasteiger partial charge in [0.25, 0.3) is 5.91 Å². The van der Waals surface area contributed by atoms with E-state index in [-0.39, 0.29) is 11.4 Å². The topological polar surface area (TPSA) is 59.2 Å². The molecule has 2 heterocycles. The number of hydrogen-bond donors (Lipinski definition) is 1. The van der Waals surface area contributed by atoms with Gasteiger partial charge in [-0.3, -0.25) is 9.78 Å². The molecule has 0 saturated carbocycles. The minimum Gasteiger partial charge on any atom is -0.335 e. The molecule has 21 heavy (non-hydrogen) atoms. The van der Waals surface area contributed by atoms with Crippen molar-refractivity contribution in [1.29, 1.82) is 0 Å². The van der Waals surface area contributed by atoms with Gasteiger partial charge in [-0.05, 0) is 25.5 Å². The second kappa shape index (κ2) is 5.11. The number of nitrogens with two attached hydrogens (primary N) is 1. The van der Waals surface area contributed by atoms with Gasteiger partial charge in [0, 0.05) is 24.2 Å². The molecule has 4 nitrogen and oxygen atoms in total. The molecule has 2 N–H and O–H groups in total. The molecular formula is C17H21N3O. The molecule has 1 amide bonds. The molecule has 4 heteroatoms. The lowest BCUT2D eigenvalue weighted by Crippen LogP contribution is -2.68. The molecule has 1 aliphatic heterocycles. The zero-order chi connectivity index (χ0) is 15.0. The van der Waals surface area contributed by atoms with Gasteiger partial charge in [-0.15, -0.1) is 0 Å². The second-order valence-corrected chi connectivity index (χ2v) is 6.10. The van der Waals surface area contributed by atoms with Gasteiger partial charge in [-0.1, -0.05) is 31.5 Å². The lowest BCUT2D eigenvalue weighted by molar-refractivity contribution is 0.0388. The van der Waals surface area contributed by atoms with Gasteiger partial charge in [-0.2, -0.15) is 0 Å². The van der Waals surface area contributed by atoms with Crippen LogP contribution in [0.5, 0.6) is 0 Å². The van der Waals surface area contributed by atoms with Crippen LogP contribution in [0.1, 0.15) is 35.8 Å². The largest absolute Gasteiger partial charge is 0.335 e. The van der Waals surface area contributed by atoms with Crippen molar-refractivity contribution in [3.63, 3.8) is 0 Å². The lowest BCUT2D eigenvalue weighted by atomic mass is 9.85. The average molecular weight is 283 g/mol. The summed E-state index contributed by atoms with van der Waals surface area (Å²) in [6, 6.07) is 9.66. The van der Waals surface area contributed by atoms with Crippen LogP contribution in [-0.4, -0.2) is 34.4 Å². The fourth-order valence-corrected chi connectivity index (χ4v) is 3.17. The number of likely N-dealkylation sites (tertiary alicyclic amines) is 1. The first kappa shape index (κ1) is 14.0. The molecule has 1 aliphatic rings. The Bertz CT molecular complexity index is 689. The van der Waals surface area contributed by atoms with Gasteiger partial charge >= 0.3 is 0 Å². The Morgan fingerprint density at radius 3 is 2.81 bits per heavy atom. The van der Waals surface area contributed by atoms with E-state index in [4.69, 9.17) is 5.73 Å². The molecule has 0 radical (unpaired) electrons. The van der Waals surface area contributed by atoms with E-state index in [1.807, 2.05) is 42.2 Å². The molecule has 1 aromatic heterocycles. The molecule has 3 rings (SSSR count). The maximum absolute atomic E-state index is 12.7. The number of carbonyl (C=O) groups excluding carboxylic acids is 1. The van der Waals surface area contributed by atoms with Gasteiger partial charge in [-0.25, -0.2) is 0 Å². The van der Waals surface area contributed by atoms with Crippen LogP contribution in [0.2, 0.25) is 0 Å². The molecule has 0 unspecified atom stereocenters. The Hall–Kier alpha value is -1.94. The Morgan fingerprint density at radius 1 is 1.38 bits per heavy atom. The van der Waals surface area contributed by atoms with Gasteiger partial charge in [0.15, 0.2) is 0 Å². The molecule has 0 aliphatic carbocycles. The highest BCUT2D eigenvalue weighted by atomic mass is 16.2. The first-order chi connectivity index (χ1) is 10.0. The highest BCUT2D eigenvalue weighted by Gasteiger charge is 2.41. The fourth-order valence-electron chi connectivity index (χ4n) is 3.17. The number of aryl methyl sites for hydroxylation is 1. The normalized spacial score (nSPS) is 16.8. The number of benzene rings is 1. The Labute approximate surface area is 125 Å². The summed E-state index contributed by atoms with van der Waals surface area (Å²) >= 11 is 0. The van der Waals surface area contributed by atoms with Gasteiger partial charge < -0.3 is 10.6 Å². The number of carbonyl (C=O) groups is 1. The van der Waals surface area contributed by atoms with Crippen molar-refractivity contribution in [1.82, 2.24) is 9.88 Å². The van der Waals surface area contributed by atoms with Gasteiger partial charge in [0.05, 0.1) is 16.6 Å². The number of pyridine rings is 1. The lowest BCUT2D eigenvalue weighted by Gasteiger charge is -2.48. The van der Waals surface area contributed by atoms with E-state index in [0.717, 1.165) is 35.0 Å². The minimum absolute atomic E-state index is 0.0638. The first-order valence-electron chi connectivity index (χ1n) is 7.47. The molecular weight excluding hydrogens is 262 g/mol. The SMILES string of the molecule is CCCC1(N)CN(C(=O)c2cc(C)nc3ccccc23)C1. The molecule has 2 aromatic rings. The maximum atomic E-state index is 12.7. The summed E-state index contributed by atoms with van der Waals surface area (Å²) in [5.74, 6) is 0.0638. The smallest absolute Gasteiger partial charge is 0.254 e. The van der Waals surface area contributed by atoms with Crippen molar-refractivity contribution in [3.05, 3.63) is 41.6 Å². The molecule has 110 valence electrons. The minimum atomic E-state index is -0.192. The van der Waals surface area contributed by atoms with Crippen molar-refractivity contribution in [3.8, 4) is 0 Å². The third-order valence-corrected chi connectivity index (χ3v) is 4.12. The van der Waals surface area contributed by atoms with E-state index in [2.05, 4.69) is 11.9 Å². The number of amides is 1. The highest BCUT2D eigenvalue weighted by molar-refractivity contribution is 6.06. The molecule has 0 atom stereocenters. The quantitative estimate of drug-likeness (QED) is 0.941. The number of aromatic nitrogens is 1. The fraction of sp³-hybridized carbons (Fsp3) is 0.412. The van der Waals surface area contributed by atoms with Gasteiger partial charge in [0.1, 0.15) is 0 Å². The van der Waals surface area contributed by atoms with E-state index in [1.54, 1.807) is 0 Å². The summed E-state index contributed by atoms with van der Waals surface area (Å²) in [6.07, 6.45) is 2.02. The predicted molar refractivity (Wildman–Crippen MR) is 84.2 cm³/mol. The third-order valence-electron chi connectivity index (χ3n) is 4.12. The standard InChI is InChI=1S/C17H21N3O/c1-3-8-17(18)10-20(11-17)16(21)14-9-12(2)19-15-7-5-4-6-13(14)15/h4-7,9H,3,8,10-11,18H2,1-2H3. The summed E-state index contributed by atoms with van der Waals surface area (Å²) in [4.78, 5) is 19.1. The average Bonchev–Trinajstić information content (AvgIpc) is 2.43. The number of para-hydroxylation sites is 1. The van der Waals surface area contributed by atoms with Crippen LogP contribution in [0.15, 0.2) is 30.3 Å². The predicted octanol–water partition coefficient (Wildman–Crippen LogP) is 2.50. The van der Waals surface area contributed by atoms with Crippen molar-refractivity contribution >= 4 is 16.8 Å². The van der Waals surface area contributed by atoms with Crippen molar-refractivity contribution in [2.24, 2.45) is 5.73 Å². The van der Waals surface area contributed by atoms with E-state index in [9.17, 15) is 4.79 Å². The number of fused-ring (bicyclic) bond motifs is 1. The Balaban J connectivity index is 1.90. The van der Waals surface area contributed by atoms with Crippen LogP contribution >= 0.6 is 0 Å². The van der Waals surface area contributed by atoms with Crippen molar-refractivity contribution in [2.45, 2.75) is 32.2 Å². The molecule has 1 aromatic carbocycles. The van der Waals surface area contributed by atoms with Crippen LogP contribution in [-0.2, 0) is 0 Å². The van der Waals surface area contributed by atoms with Gasteiger partial charge in [0.2, 0.25) is 0 Å².